The molecule has 1 aromatic rings. The summed E-state index contributed by atoms with van der Waals surface area (Å²) in [5.41, 5.74) is -1.25. The van der Waals surface area contributed by atoms with Gasteiger partial charge in [-0.2, -0.15) is 0 Å². The molecule has 1 aliphatic carbocycles. The zero-order valence-electron chi connectivity index (χ0n) is 17.2. The van der Waals surface area contributed by atoms with Crippen LogP contribution in [0, 0.1) is 5.41 Å². The lowest BCUT2D eigenvalue weighted by atomic mass is 9.93. The number of aromatic nitrogens is 1. The molecule has 0 fully saturated rings. The molecule has 1 unspecified atom stereocenters. The van der Waals surface area contributed by atoms with Gasteiger partial charge >= 0.3 is 12.1 Å². The van der Waals surface area contributed by atoms with Crippen LogP contribution < -0.4 is 5.56 Å². The highest BCUT2D eigenvalue weighted by atomic mass is 16.6. The molecule has 0 bridgehead atoms. The zero-order chi connectivity index (χ0) is 20.6. The standard InChI is InChI=1S/C19H30N2O6/c1-18(2,3)16(23)25-11-21-15(22)14-12(9-8-10-13(14)27-21)20(7)17(24)26-19(4,5)6/h12H,8-11H2,1-7H3. The van der Waals surface area contributed by atoms with Crippen molar-refractivity contribution < 1.29 is 23.6 Å². The minimum absolute atomic E-state index is 0.287. The third kappa shape index (κ3) is 4.93. The van der Waals surface area contributed by atoms with Gasteiger partial charge in [0, 0.05) is 13.5 Å². The molecule has 1 aromatic heterocycles. The van der Waals surface area contributed by atoms with E-state index in [4.69, 9.17) is 14.0 Å². The molecule has 0 saturated heterocycles. The van der Waals surface area contributed by atoms with Crippen LogP contribution in [0.15, 0.2) is 9.32 Å². The molecule has 1 amide bonds. The number of ether oxygens (including phenoxy) is 2. The molecule has 8 heteroatoms. The van der Waals surface area contributed by atoms with E-state index in [9.17, 15) is 14.4 Å². The molecule has 0 spiro atoms. The number of esters is 1. The first-order valence-electron chi connectivity index (χ1n) is 9.17. The molecule has 27 heavy (non-hydrogen) atoms. The number of aryl methyl sites for hydroxylation is 1. The topological polar surface area (TPSA) is 91.0 Å². The van der Waals surface area contributed by atoms with Crippen LogP contribution in [0.25, 0.3) is 0 Å². The highest BCUT2D eigenvalue weighted by Crippen LogP contribution is 2.32. The van der Waals surface area contributed by atoms with Gasteiger partial charge < -0.3 is 18.9 Å². The van der Waals surface area contributed by atoms with Gasteiger partial charge in [-0.05, 0) is 54.4 Å². The average Bonchev–Trinajstić information content (AvgIpc) is 2.85. The normalized spacial score (nSPS) is 17.2. The third-order valence-electron chi connectivity index (χ3n) is 4.27. The first kappa shape index (κ1) is 21.1. The van der Waals surface area contributed by atoms with Crippen molar-refractivity contribution in [3.05, 3.63) is 21.7 Å². The zero-order valence-corrected chi connectivity index (χ0v) is 17.2. The van der Waals surface area contributed by atoms with Gasteiger partial charge in [0.15, 0.2) is 0 Å². The number of carbonyl (C=O) groups is 2. The lowest BCUT2D eigenvalue weighted by molar-refractivity contribution is -0.159. The fraction of sp³-hybridized carbons (Fsp3) is 0.737. The van der Waals surface area contributed by atoms with Crippen molar-refractivity contribution in [2.24, 2.45) is 5.41 Å². The van der Waals surface area contributed by atoms with Crippen molar-refractivity contribution in [1.29, 1.82) is 0 Å². The van der Waals surface area contributed by atoms with Crippen molar-refractivity contribution in [1.82, 2.24) is 9.64 Å². The second-order valence-corrected chi connectivity index (χ2v) is 8.92. The molecular weight excluding hydrogens is 352 g/mol. The maximum Gasteiger partial charge on any atom is 0.410 e. The first-order chi connectivity index (χ1) is 12.3. The fourth-order valence-corrected chi connectivity index (χ4v) is 2.85. The van der Waals surface area contributed by atoms with Crippen molar-refractivity contribution in [2.45, 2.75) is 79.2 Å². The van der Waals surface area contributed by atoms with Crippen molar-refractivity contribution in [3.63, 3.8) is 0 Å². The molecule has 152 valence electrons. The summed E-state index contributed by atoms with van der Waals surface area (Å²) in [4.78, 5) is 38.6. The van der Waals surface area contributed by atoms with E-state index >= 15 is 0 Å². The Balaban J connectivity index is 2.22. The number of nitrogens with zero attached hydrogens (tertiary/aromatic N) is 2. The first-order valence-corrected chi connectivity index (χ1v) is 9.17. The molecule has 0 N–H and O–H groups in total. The van der Waals surface area contributed by atoms with Crippen molar-refractivity contribution >= 4 is 12.1 Å². The van der Waals surface area contributed by atoms with Gasteiger partial charge in [0.25, 0.3) is 5.56 Å². The van der Waals surface area contributed by atoms with Gasteiger partial charge in [-0.1, -0.05) is 0 Å². The maximum absolute atomic E-state index is 12.8. The van der Waals surface area contributed by atoms with Crippen LogP contribution in [-0.4, -0.2) is 34.4 Å². The summed E-state index contributed by atoms with van der Waals surface area (Å²) in [6.07, 6.45) is 1.52. The molecule has 2 rings (SSSR count). The van der Waals surface area contributed by atoms with Crippen LogP contribution in [0.3, 0.4) is 0 Å². The van der Waals surface area contributed by atoms with E-state index in [0.29, 0.717) is 24.2 Å². The Morgan fingerprint density at radius 1 is 1.22 bits per heavy atom. The van der Waals surface area contributed by atoms with E-state index < -0.39 is 29.1 Å². The smallest absolute Gasteiger partial charge is 0.410 e. The van der Waals surface area contributed by atoms with E-state index in [2.05, 4.69) is 0 Å². The number of hydrogen-bond donors (Lipinski definition) is 0. The molecule has 0 aromatic carbocycles. The van der Waals surface area contributed by atoms with Crippen LogP contribution in [0.5, 0.6) is 0 Å². The van der Waals surface area contributed by atoms with Crippen molar-refractivity contribution in [2.75, 3.05) is 7.05 Å². The van der Waals surface area contributed by atoms with Gasteiger partial charge in [-0.15, -0.1) is 4.74 Å². The Labute approximate surface area is 159 Å². The van der Waals surface area contributed by atoms with E-state index in [1.807, 2.05) is 0 Å². The maximum atomic E-state index is 12.8. The average molecular weight is 382 g/mol. The molecular formula is C19H30N2O6. The van der Waals surface area contributed by atoms with E-state index in [0.717, 1.165) is 11.2 Å². The second-order valence-electron chi connectivity index (χ2n) is 8.92. The Hall–Kier alpha value is -2.25. The molecule has 0 saturated carbocycles. The summed E-state index contributed by atoms with van der Waals surface area (Å²) >= 11 is 0. The molecule has 1 heterocycles. The SMILES string of the molecule is CN(C(=O)OC(C)(C)C)C1CCCc2on(COC(=O)C(C)(C)C)c(=O)c21. The Morgan fingerprint density at radius 3 is 2.41 bits per heavy atom. The third-order valence-corrected chi connectivity index (χ3v) is 4.27. The summed E-state index contributed by atoms with van der Waals surface area (Å²) in [5, 5.41) is 0. The van der Waals surface area contributed by atoms with Crippen LogP contribution in [0.2, 0.25) is 0 Å². The molecule has 0 aliphatic heterocycles. The number of rotatable bonds is 3. The summed E-state index contributed by atoms with van der Waals surface area (Å²) in [7, 11) is 1.62. The van der Waals surface area contributed by atoms with Crippen LogP contribution >= 0.6 is 0 Å². The summed E-state index contributed by atoms with van der Waals surface area (Å²) in [6, 6.07) is -0.431. The van der Waals surface area contributed by atoms with Crippen LogP contribution in [0.1, 0.15) is 71.7 Å². The predicted octanol–water partition coefficient (Wildman–Crippen LogP) is 3.23. The quantitative estimate of drug-likeness (QED) is 0.746. The molecule has 1 aliphatic rings. The number of hydrogen-bond acceptors (Lipinski definition) is 6. The minimum Gasteiger partial charge on any atom is -0.444 e. The molecule has 0 radical (unpaired) electrons. The Bertz CT molecular complexity index is 763. The highest BCUT2D eigenvalue weighted by molar-refractivity contribution is 5.75. The Kier molecular flexibility index (Phi) is 5.77. The van der Waals surface area contributed by atoms with Gasteiger partial charge in [0.2, 0.25) is 6.73 Å². The minimum atomic E-state index is -0.671. The van der Waals surface area contributed by atoms with Crippen molar-refractivity contribution in [3.8, 4) is 0 Å². The van der Waals surface area contributed by atoms with Crippen LogP contribution in [0.4, 0.5) is 4.79 Å². The number of fused-ring (bicyclic) bond motifs is 1. The fourth-order valence-electron chi connectivity index (χ4n) is 2.85. The van der Waals surface area contributed by atoms with Gasteiger partial charge in [0.05, 0.1) is 17.0 Å². The summed E-state index contributed by atoms with van der Waals surface area (Å²) < 4.78 is 17.2. The second kappa shape index (κ2) is 7.40. The number of carbonyl (C=O) groups excluding carboxylic acids is 2. The highest BCUT2D eigenvalue weighted by Gasteiger charge is 2.35. The van der Waals surface area contributed by atoms with Gasteiger partial charge in [0.1, 0.15) is 11.4 Å². The number of amides is 1. The van der Waals surface area contributed by atoms with Gasteiger partial charge in [-0.25, -0.2) is 4.79 Å². The largest absolute Gasteiger partial charge is 0.444 e. The lowest BCUT2D eigenvalue weighted by Crippen LogP contribution is -2.39. The summed E-state index contributed by atoms with van der Waals surface area (Å²) in [5.74, 6) is 0.102. The van der Waals surface area contributed by atoms with Crippen LogP contribution in [-0.2, 0) is 27.4 Å². The van der Waals surface area contributed by atoms with E-state index in [-0.39, 0.29) is 12.3 Å². The van der Waals surface area contributed by atoms with Gasteiger partial charge in [-0.3, -0.25) is 9.59 Å². The lowest BCUT2D eigenvalue weighted by Gasteiger charge is -2.31. The molecule has 8 nitrogen and oxygen atoms in total. The molecule has 1 atom stereocenters. The predicted molar refractivity (Wildman–Crippen MR) is 98.2 cm³/mol. The van der Waals surface area contributed by atoms with E-state index in [1.54, 1.807) is 48.6 Å². The van der Waals surface area contributed by atoms with E-state index in [1.165, 1.54) is 4.90 Å². The summed E-state index contributed by atoms with van der Waals surface area (Å²) in [6.45, 7) is 10.3. The monoisotopic (exact) mass is 382 g/mol. The Morgan fingerprint density at radius 2 is 1.85 bits per heavy atom.